The van der Waals surface area contributed by atoms with E-state index in [9.17, 15) is 4.79 Å². The largest absolute Gasteiger partial charge is 0.414 e. The van der Waals surface area contributed by atoms with Crippen molar-refractivity contribution >= 4 is 11.9 Å². The van der Waals surface area contributed by atoms with E-state index in [1.165, 1.54) is 23.5 Å². The molecule has 1 amide bonds. The van der Waals surface area contributed by atoms with Gasteiger partial charge in [-0.1, -0.05) is 24.3 Å². The molecule has 1 unspecified atom stereocenters. The van der Waals surface area contributed by atoms with E-state index in [1.54, 1.807) is 0 Å². The molecule has 22 heavy (non-hydrogen) atoms. The van der Waals surface area contributed by atoms with Crippen molar-refractivity contribution in [3.05, 3.63) is 47.8 Å². The summed E-state index contributed by atoms with van der Waals surface area (Å²) >= 11 is 0. The monoisotopic (exact) mass is 298 g/mol. The molecule has 1 aliphatic rings. The van der Waals surface area contributed by atoms with E-state index in [0.29, 0.717) is 0 Å². The smallest absolute Gasteiger partial charge is 0.387 e. The Morgan fingerprint density at radius 1 is 1.23 bits per heavy atom. The highest BCUT2D eigenvalue weighted by Crippen LogP contribution is 2.21. The van der Waals surface area contributed by atoms with Gasteiger partial charge in [-0.3, -0.25) is 0 Å². The predicted molar refractivity (Wildman–Crippen MR) is 82.5 cm³/mol. The number of ether oxygens (including phenoxy) is 1. The van der Waals surface area contributed by atoms with Crippen LogP contribution >= 0.6 is 0 Å². The number of hydrogen-bond acceptors (Lipinski definition) is 5. The van der Waals surface area contributed by atoms with E-state index < -0.39 is 6.09 Å². The van der Waals surface area contributed by atoms with Crippen LogP contribution < -0.4 is 15.8 Å². The molecule has 0 fully saturated rings. The van der Waals surface area contributed by atoms with E-state index in [1.807, 2.05) is 6.07 Å². The summed E-state index contributed by atoms with van der Waals surface area (Å²) in [7, 11) is 0. The zero-order chi connectivity index (χ0) is 15.4. The van der Waals surface area contributed by atoms with E-state index >= 15 is 0 Å². The number of rotatable bonds is 2. The van der Waals surface area contributed by atoms with Crippen molar-refractivity contribution in [1.29, 1.82) is 0 Å². The molecule has 6 heteroatoms. The quantitative estimate of drug-likeness (QED) is 0.829. The van der Waals surface area contributed by atoms with Crippen LogP contribution in [0.4, 0.5) is 10.6 Å². The van der Waals surface area contributed by atoms with Gasteiger partial charge < -0.3 is 15.8 Å². The van der Waals surface area contributed by atoms with Crippen LogP contribution in [0.25, 0.3) is 0 Å². The van der Waals surface area contributed by atoms with Crippen molar-refractivity contribution in [2.75, 3.05) is 5.73 Å². The second-order valence-electron chi connectivity index (χ2n) is 5.34. The number of aromatic nitrogens is 2. The Labute approximate surface area is 128 Å². The van der Waals surface area contributed by atoms with Gasteiger partial charge in [-0.05, 0) is 36.8 Å². The molecule has 0 saturated carbocycles. The van der Waals surface area contributed by atoms with Crippen LogP contribution in [0.5, 0.6) is 5.88 Å². The topological polar surface area (TPSA) is 90.1 Å². The van der Waals surface area contributed by atoms with Crippen molar-refractivity contribution < 1.29 is 9.53 Å². The molecule has 1 aromatic carbocycles. The normalized spacial score (nSPS) is 17.2. The number of nitrogens with zero attached hydrogens (tertiary/aromatic N) is 2. The predicted octanol–water partition coefficient (Wildman–Crippen LogP) is 2.09. The minimum absolute atomic E-state index is 0.0361. The molecule has 6 nitrogen and oxygen atoms in total. The van der Waals surface area contributed by atoms with Crippen molar-refractivity contribution in [3.63, 3.8) is 0 Å². The molecule has 1 heterocycles. The lowest BCUT2D eigenvalue weighted by Gasteiger charge is -2.16. The van der Waals surface area contributed by atoms with Gasteiger partial charge >= 0.3 is 6.09 Å². The molecule has 0 bridgehead atoms. The van der Waals surface area contributed by atoms with Gasteiger partial charge in [0.15, 0.2) is 5.82 Å². The van der Waals surface area contributed by atoms with Crippen molar-refractivity contribution in [2.24, 2.45) is 0 Å². The Morgan fingerprint density at radius 2 is 2.00 bits per heavy atom. The SMILES string of the molecule is Nc1nccnc1OC(=O)NC1CCCc2ccccc2C1. The summed E-state index contributed by atoms with van der Waals surface area (Å²) in [5, 5.41) is 2.89. The molecule has 114 valence electrons. The van der Waals surface area contributed by atoms with E-state index in [-0.39, 0.29) is 17.7 Å². The third-order valence-electron chi connectivity index (χ3n) is 3.79. The van der Waals surface area contributed by atoms with Crippen LogP contribution in [0.3, 0.4) is 0 Å². The molecular weight excluding hydrogens is 280 g/mol. The second-order valence-corrected chi connectivity index (χ2v) is 5.34. The van der Waals surface area contributed by atoms with Crippen molar-refractivity contribution in [2.45, 2.75) is 31.7 Å². The summed E-state index contributed by atoms with van der Waals surface area (Å²) in [4.78, 5) is 19.7. The van der Waals surface area contributed by atoms with Gasteiger partial charge in [0, 0.05) is 18.4 Å². The van der Waals surface area contributed by atoms with Gasteiger partial charge in [-0.25, -0.2) is 14.8 Å². The molecular formula is C16H18N4O2. The van der Waals surface area contributed by atoms with Crippen LogP contribution in [0.15, 0.2) is 36.7 Å². The summed E-state index contributed by atoms with van der Waals surface area (Å²) in [5.41, 5.74) is 8.25. The molecule has 0 spiro atoms. The Kier molecular flexibility index (Phi) is 4.18. The number of nitrogens with two attached hydrogens (primary N) is 1. The van der Waals surface area contributed by atoms with Gasteiger partial charge in [0.2, 0.25) is 0 Å². The Balaban J connectivity index is 1.63. The first kappa shape index (κ1) is 14.3. The van der Waals surface area contributed by atoms with Crippen LogP contribution in [-0.4, -0.2) is 22.1 Å². The number of benzene rings is 1. The van der Waals surface area contributed by atoms with E-state index in [0.717, 1.165) is 25.7 Å². The van der Waals surface area contributed by atoms with Gasteiger partial charge in [-0.2, -0.15) is 0 Å². The van der Waals surface area contributed by atoms with Gasteiger partial charge in [-0.15, -0.1) is 0 Å². The van der Waals surface area contributed by atoms with Crippen molar-refractivity contribution in [3.8, 4) is 5.88 Å². The molecule has 0 radical (unpaired) electrons. The number of anilines is 1. The number of carbonyl (C=O) groups is 1. The number of amides is 1. The number of nitrogen functional groups attached to an aromatic ring is 1. The molecule has 0 aliphatic heterocycles. The number of fused-ring (bicyclic) bond motifs is 1. The standard InChI is InChI=1S/C16H18N4O2/c17-14-15(19-9-8-18-14)22-16(21)20-13-7-3-6-11-4-1-2-5-12(11)10-13/h1-2,4-5,8-9,13H,3,6-7,10H2,(H2,17,18)(H,20,21). The molecule has 1 aromatic heterocycles. The van der Waals surface area contributed by atoms with E-state index in [4.69, 9.17) is 10.5 Å². The van der Waals surface area contributed by atoms with E-state index in [2.05, 4.69) is 33.5 Å². The highest BCUT2D eigenvalue weighted by molar-refractivity contribution is 5.71. The van der Waals surface area contributed by atoms with Crippen LogP contribution in [0.1, 0.15) is 24.0 Å². The maximum atomic E-state index is 12.0. The Morgan fingerprint density at radius 3 is 2.82 bits per heavy atom. The fourth-order valence-corrected chi connectivity index (χ4v) is 2.73. The number of nitrogens with one attached hydrogen (secondary N) is 1. The average Bonchev–Trinajstić information content (AvgIpc) is 2.71. The maximum Gasteiger partial charge on any atom is 0.414 e. The average molecular weight is 298 g/mol. The third-order valence-corrected chi connectivity index (χ3v) is 3.79. The highest BCUT2D eigenvalue weighted by atomic mass is 16.6. The molecule has 3 N–H and O–H groups in total. The summed E-state index contributed by atoms with van der Waals surface area (Å²) in [6.45, 7) is 0. The fraction of sp³-hybridized carbons (Fsp3) is 0.312. The van der Waals surface area contributed by atoms with Crippen molar-refractivity contribution in [1.82, 2.24) is 15.3 Å². The minimum Gasteiger partial charge on any atom is -0.387 e. The lowest BCUT2D eigenvalue weighted by molar-refractivity contribution is 0.193. The zero-order valence-corrected chi connectivity index (χ0v) is 12.2. The first-order valence-corrected chi connectivity index (χ1v) is 7.34. The molecule has 1 aliphatic carbocycles. The first-order chi connectivity index (χ1) is 10.7. The second kappa shape index (κ2) is 6.43. The molecule has 0 saturated heterocycles. The fourth-order valence-electron chi connectivity index (χ4n) is 2.73. The summed E-state index contributed by atoms with van der Waals surface area (Å²) < 4.78 is 5.13. The lowest BCUT2D eigenvalue weighted by Crippen LogP contribution is -2.38. The number of aryl methyl sites for hydroxylation is 1. The van der Waals surface area contributed by atoms with Crippen LogP contribution in [0.2, 0.25) is 0 Å². The van der Waals surface area contributed by atoms with Crippen LogP contribution in [-0.2, 0) is 12.8 Å². The number of hydrogen-bond donors (Lipinski definition) is 2. The van der Waals surface area contributed by atoms with Gasteiger partial charge in [0.05, 0.1) is 0 Å². The van der Waals surface area contributed by atoms with Gasteiger partial charge in [0.25, 0.3) is 5.88 Å². The minimum atomic E-state index is -0.545. The third kappa shape index (κ3) is 3.33. The summed E-state index contributed by atoms with van der Waals surface area (Å²) in [6, 6.07) is 8.39. The Hall–Kier alpha value is -2.63. The number of carbonyl (C=O) groups excluding carboxylic acids is 1. The first-order valence-electron chi connectivity index (χ1n) is 7.34. The lowest BCUT2D eigenvalue weighted by atomic mass is 10.0. The van der Waals surface area contributed by atoms with Crippen LogP contribution in [0, 0.1) is 0 Å². The summed E-state index contributed by atoms with van der Waals surface area (Å²) in [6.07, 6.45) is 6.14. The summed E-state index contributed by atoms with van der Waals surface area (Å²) in [5.74, 6) is 0.137. The Bertz CT molecular complexity index is 675. The molecule has 3 rings (SSSR count). The van der Waals surface area contributed by atoms with Gasteiger partial charge in [0.1, 0.15) is 0 Å². The highest BCUT2D eigenvalue weighted by Gasteiger charge is 2.19. The zero-order valence-electron chi connectivity index (χ0n) is 12.2. The molecule has 2 aromatic rings. The maximum absolute atomic E-state index is 12.0. The molecule has 1 atom stereocenters.